The molecule has 0 aliphatic heterocycles. The van der Waals surface area contributed by atoms with E-state index in [1.54, 1.807) is 20.8 Å². The predicted octanol–water partition coefficient (Wildman–Crippen LogP) is 1.87. The van der Waals surface area contributed by atoms with Crippen LogP contribution in [-0.4, -0.2) is 31.5 Å². The second kappa shape index (κ2) is 7.48. The average molecular weight is 219 g/mol. The lowest BCUT2D eigenvalue weighted by Crippen LogP contribution is -2.32. The van der Waals surface area contributed by atoms with Crippen molar-refractivity contribution < 1.29 is 19.1 Å². The summed E-state index contributed by atoms with van der Waals surface area (Å²) in [5.41, 5.74) is 1.70. The fourth-order valence-corrected chi connectivity index (χ4v) is 0.786. The normalized spacial score (nSPS) is 11.2. The molecule has 0 aliphatic rings. The Hall–Kier alpha value is -0.810. The van der Waals surface area contributed by atoms with Gasteiger partial charge in [-0.15, -0.1) is 0 Å². The Bertz CT molecular complexity index is 177. The molecule has 0 bridgehead atoms. The maximum atomic E-state index is 11.1. The predicted molar refractivity (Wildman–Crippen MR) is 56.4 cm³/mol. The van der Waals surface area contributed by atoms with Gasteiger partial charge in [-0.1, -0.05) is 0 Å². The van der Waals surface area contributed by atoms with E-state index in [4.69, 9.17) is 14.3 Å². The molecular formula is C10H21NO4. The highest BCUT2D eigenvalue weighted by Gasteiger charge is 2.15. The van der Waals surface area contributed by atoms with Gasteiger partial charge in [-0.05, 0) is 34.1 Å². The van der Waals surface area contributed by atoms with Gasteiger partial charge in [0.15, 0.2) is 0 Å². The highest BCUT2D eigenvalue weighted by molar-refractivity contribution is 5.66. The van der Waals surface area contributed by atoms with Gasteiger partial charge in [-0.2, -0.15) is 5.48 Å². The average Bonchev–Trinajstić information content (AvgIpc) is 2.08. The molecule has 90 valence electrons. The maximum Gasteiger partial charge on any atom is 0.431 e. The molecule has 0 fully saturated rings. The first kappa shape index (κ1) is 14.2. The first-order chi connectivity index (χ1) is 6.95. The molecule has 0 spiro atoms. The minimum absolute atomic E-state index is 0.416. The molecule has 0 saturated carbocycles. The molecule has 1 amide bonds. The van der Waals surface area contributed by atoms with Gasteiger partial charge in [0.25, 0.3) is 0 Å². The molecule has 0 aromatic carbocycles. The van der Waals surface area contributed by atoms with Crippen LogP contribution in [-0.2, 0) is 14.3 Å². The van der Waals surface area contributed by atoms with Crippen LogP contribution in [0, 0.1) is 0 Å². The quantitative estimate of drug-likeness (QED) is 0.547. The van der Waals surface area contributed by atoms with Crippen LogP contribution in [0.3, 0.4) is 0 Å². The van der Waals surface area contributed by atoms with Gasteiger partial charge < -0.3 is 9.47 Å². The largest absolute Gasteiger partial charge is 0.442 e. The Labute approximate surface area is 91.0 Å². The van der Waals surface area contributed by atoms with E-state index in [-0.39, 0.29) is 0 Å². The van der Waals surface area contributed by atoms with Crippen LogP contribution in [0.2, 0.25) is 0 Å². The van der Waals surface area contributed by atoms with E-state index in [1.807, 2.05) is 6.92 Å². The van der Waals surface area contributed by atoms with Gasteiger partial charge in [0, 0.05) is 13.2 Å². The zero-order valence-corrected chi connectivity index (χ0v) is 9.96. The van der Waals surface area contributed by atoms with Gasteiger partial charge in [0.1, 0.15) is 5.60 Å². The summed E-state index contributed by atoms with van der Waals surface area (Å²) in [6.07, 6.45) is 0.169. The third kappa shape index (κ3) is 11.1. The van der Waals surface area contributed by atoms with Gasteiger partial charge >= 0.3 is 6.09 Å². The molecule has 5 heteroatoms. The summed E-state index contributed by atoms with van der Waals surface area (Å²) in [5, 5.41) is 0. The van der Waals surface area contributed by atoms with Crippen molar-refractivity contribution in [2.45, 2.75) is 39.7 Å². The Balaban J connectivity index is 3.32. The Kier molecular flexibility index (Phi) is 7.07. The summed E-state index contributed by atoms with van der Waals surface area (Å²) in [6.45, 7) is 9.05. The lowest BCUT2D eigenvalue weighted by Gasteiger charge is -2.19. The monoisotopic (exact) mass is 219 g/mol. The van der Waals surface area contributed by atoms with Crippen molar-refractivity contribution in [3.63, 3.8) is 0 Å². The van der Waals surface area contributed by atoms with Gasteiger partial charge in [0.05, 0.1) is 6.61 Å². The molecule has 0 rings (SSSR count). The van der Waals surface area contributed by atoms with E-state index in [2.05, 4.69) is 5.48 Å². The number of nitrogens with one attached hydrogen (secondary N) is 1. The number of hydrogen-bond acceptors (Lipinski definition) is 4. The zero-order chi connectivity index (χ0) is 11.7. The van der Waals surface area contributed by atoms with Crippen molar-refractivity contribution in [1.82, 2.24) is 5.48 Å². The van der Waals surface area contributed by atoms with Crippen LogP contribution in [0.5, 0.6) is 0 Å². The number of hydrogen-bond donors (Lipinski definition) is 1. The van der Waals surface area contributed by atoms with E-state index in [0.29, 0.717) is 19.8 Å². The lowest BCUT2D eigenvalue weighted by molar-refractivity contribution is -0.0130. The lowest BCUT2D eigenvalue weighted by atomic mass is 10.2. The minimum Gasteiger partial charge on any atom is -0.442 e. The molecule has 0 unspecified atom stereocenters. The molecule has 0 heterocycles. The SMILES string of the molecule is CCOCCCONC(=O)OC(C)(C)C. The Morgan fingerprint density at radius 3 is 2.47 bits per heavy atom. The molecule has 0 radical (unpaired) electrons. The van der Waals surface area contributed by atoms with Gasteiger partial charge in [-0.3, -0.25) is 4.84 Å². The summed E-state index contributed by atoms with van der Waals surface area (Å²) in [7, 11) is 0. The molecule has 1 N–H and O–H groups in total. The molecule has 15 heavy (non-hydrogen) atoms. The summed E-state index contributed by atoms with van der Waals surface area (Å²) in [5.74, 6) is 0. The smallest absolute Gasteiger partial charge is 0.431 e. The van der Waals surface area contributed by atoms with E-state index in [1.165, 1.54) is 0 Å². The van der Waals surface area contributed by atoms with E-state index < -0.39 is 11.7 Å². The van der Waals surface area contributed by atoms with Crippen molar-refractivity contribution >= 4 is 6.09 Å². The first-order valence-electron chi connectivity index (χ1n) is 5.14. The fraction of sp³-hybridized carbons (Fsp3) is 0.900. The van der Waals surface area contributed by atoms with Crippen molar-refractivity contribution in [2.75, 3.05) is 19.8 Å². The molecular weight excluding hydrogens is 198 g/mol. The standard InChI is InChI=1S/C10H21NO4/c1-5-13-7-6-8-14-11-9(12)15-10(2,3)4/h5-8H2,1-4H3,(H,11,12). The van der Waals surface area contributed by atoms with Crippen molar-refractivity contribution in [2.24, 2.45) is 0 Å². The highest BCUT2D eigenvalue weighted by Crippen LogP contribution is 2.06. The van der Waals surface area contributed by atoms with Crippen LogP contribution in [0.1, 0.15) is 34.1 Å². The number of amides is 1. The summed E-state index contributed by atoms with van der Waals surface area (Å²) < 4.78 is 10.1. The van der Waals surface area contributed by atoms with Gasteiger partial charge in [0.2, 0.25) is 0 Å². The van der Waals surface area contributed by atoms with Crippen molar-refractivity contribution in [1.29, 1.82) is 0 Å². The summed E-state index contributed by atoms with van der Waals surface area (Å²) in [4.78, 5) is 15.9. The summed E-state index contributed by atoms with van der Waals surface area (Å²) >= 11 is 0. The van der Waals surface area contributed by atoms with E-state index in [0.717, 1.165) is 6.42 Å². The molecule has 5 nitrogen and oxygen atoms in total. The first-order valence-corrected chi connectivity index (χ1v) is 5.14. The van der Waals surface area contributed by atoms with Crippen molar-refractivity contribution in [3.05, 3.63) is 0 Å². The molecule has 0 aliphatic carbocycles. The Morgan fingerprint density at radius 1 is 1.27 bits per heavy atom. The maximum absolute atomic E-state index is 11.1. The third-order valence-corrected chi connectivity index (χ3v) is 1.29. The fourth-order valence-electron chi connectivity index (χ4n) is 0.786. The second-order valence-corrected chi connectivity index (χ2v) is 4.00. The molecule has 0 atom stereocenters. The molecule has 0 aromatic heterocycles. The molecule has 0 saturated heterocycles. The Morgan fingerprint density at radius 2 is 1.93 bits per heavy atom. The topological polar surface area (TPSA) is 56.8 Å². The van der Waals surface area contributed by atoms with Crippen LogP contribution in [0.4, 0.5) is 4.79 Å². The third-order valence-electron chi connectivity index (χ3n) is 1.29. The molecule has 0 aromatic rings. The van der Waals surface area contributed by atoms with Crippen LogP contribution in [0.15, 0.2) is 0 Å². The van der Waals surface area contributed by atoms with E-state index in [9.17, 15) is 4.79 Å². The number of ether oxygens (including phenoxy) is 2. The number of carbonyl (C=O) groups excluding carboxylic acids is 1. The van der Waals surface area contributed by atoms with Crippen LogP contribution < -0.4 is 5.48 Å². The van der Waals surface area contributed by atoms with E-state index >= 15 is 0 Å². The second-order valence-electron chi connectivity index (χ2n) is 4.00. The van der Waals surface area contributed by atoms with Crippen LogP contribution >= 0.6 is 0 Å². The number of rotatable bonds is 6. The number of carbonyl (C=O) groups is 1. The van der Waals surface area contributed by atoms with Crippen molar-refractivity contribution in [3.8, 4) is 0 Å². The minimum atomic E-state index is -0.570. The van der Waals surface area contributed by atoms with Gasteiger partial charge in [-0.25, -0.2) is 4.79 Å². The number of hydroxylamine groups is 1. The zero-order valence-electron chi connectivity index (χ0n) is 9.96. The summed E-state index contributed by atoms with van der Waals surface area (Å²) in [6, 6.07) is 0. The highest BCUT2D eigenvalue weighted by atomic mass is 16.7. The van der Waals surface area contributed by atoms with Crippen LogP contribution in [0.25, 0.3) is 0 Å².